The van der Waals surface area contributed by atoms with Gasteiger partial charge in [0.25, 0.3) is 5.91 Å². The number of anilines is 1. The van der Waals surface area contributed by atoms with Crippen molar-refractivity contribution in [3.05, 3.63) is 41.3 Å². The number of nitrogens with one attached hydrogen (secondary N) is 1. The molecule has 0 aliphatic heterocycles. The van der Waals surface area contributed by atoms with Crippen LogP contribution in [0.15, 0.2) is 24.5 Å². The maximum Gasteiger partial charge on any atom is 0.435 e. The average Bonchev–Trinajstić information content (AvgIpc) is 2.71. The Balaban J connectivity index is 2.30. The minimum atomic E-state index is -4.69. The molecule has 0 fully saturated rings. The largest absolute Gasteiger partial charge is 0.435 e. The van der Waals surface area contributed by atoms with Gasteiger partial charge in [0, 0.05) is 19.4 Å². The second-order valence-electron chi connectivity index (χ2n) is 4.24. The molecule has 0 saturated heterocycles. The molecule has 0 spiro atoms. The summed E-state index contributed by atoms with van der Waals surface area (Å²) in [7, 11) is 1.32. The Kier molecular flexibility index (Phi) is 3.47. The van der Waals surface area contributed by atoms with Crippen molar-refractivity contribution >= 4 is 11.7 Å². The van der Waals surface area contributed by atoms with Crippen LogP contribution in [-0.2, 0) is 13.2 Å². The number of nitrogens with zero attached hydrogens (tertiary/aromatic N) is 3. The second kappa shape index (κ2) is 4.95. The highest BCUT2D eigenvalue weighted by molar-refractivity contribution is 6.04. The van der Waals surface area contributed by atoms with Crippen molar-refractivity contribution < 1.29 is 18.0 Å². The molecule has 0 saturated carbocycles. The molecule has 2 heterocycles. The smallest absolute Gasteiger partial charge is 0.306 e. The SMILES string of the molecule is Cc1ccnc(NC(=O)c2cn(C)nc2C(F)(F)F)c1. The first-order valence-electron chi connectivity index (χ1n) is 5.62. The molecule has 0 aliphatic rings. The lowest BCUT2D eigenvalue weighted by molar-refractivity contribution is -0.141. The summed E-state index contributed by atoms with van der Waals surface area (Å²) < 4.78 is 39.2. The van der Waals surface area contributed by atoms with Gasteiger partial charge in [0.05, 0.1) is 5.56 Å². The van der Waals surface area contributed by atoms with Crippen molar-refractivity contribution in [2.24, 2.45) is 7.05 Å². The third kappa shape index (κ3) is 2.95. The number of alkyl halides is 3. The van der Waals surface area contributed by atoms with Gasteiger partial charge >= 0.3 is 6.18 Å². The van der Waals surface area contributed by atoms with Gasteiger partial charge < -0.3 is 5.32 Å². The molecule has 0 atom stereocenters. The van der Waals surface area contributed by atoms with Crippen molar-refractivity contribution in [3.63, 3.8) is 0 Å². The lowest BCUT2D eigenvalue weighted by atomic mass is 10.2. The molecule has 106 valence electrons. The molecular weight excluding hydrogens is 273 g/mol. The van der Waals surface area contributed by atoms with Gasteiger partial charge in [0.1, 0.15) is 5.82 Å². The highest BCUT2D eigenvalue weighted by Crippen LogP contribution is 2.30. The fourth-order valence-electron chi connectivity index (χ4n) is 1.65. The first-order valence-corrected chi connectivity index (χ1v) is 5.62. The zero-order valence-electron chi connectivity index (χ0n) is 10.7. The van der Waals surface area contributed by atoms with Gasteiger partial charge in [-0.2, -0.15) is 18.3 Å². The molecule has 0 unspecified atom stereocenters. The van der Waals surface area contributed by atoms with Crippen LogP contribution in [0.2, 0.25) is 0 Å². The minimum absolute atomic E-state index is 0.187. The fourth-order valence-corrected chi connectivity index (χ4v) is 1.65. The number of halogens is 3. The van der Waals surface area contributed by atoms with Crippen molar-refractivity contribution in [2.75, 3.05) is 5.32 Å². The number of amides is 1. The van der Waals surface area contributed by atoms with E-state index in [0.717, 1.165) is 16.4 Å². The maximum atomic E-state index is 12.8. The van der Waals surface area contributed by atoms with Crippen molar-refractivity contribution in [3.8, 4) is 0 Å². The van der Waals surface area contributed by atoms with Gasteiger partial charge in [-0.1, -0.05) is 0 Å². The second-order valence-corrected chi connectivity index (χ2v) is 4.24. The van der Waals surface area contributed by atoms with E-state index in [2.05, 4.69) is 15.4 Å². The van der Waals surface area contributed by atoms with E-state index in [9.17, 15) is 18.0 Å². The molecule has 8 heteroatoms. The van der Waals surface area contributed by atoms with E-state index in [0.29, 0.717) is 0 Å². The number of hydrogen-bond donors (Lipinski definition) is 1. The number of aryl methyl sites for hydroxylation is 2. The summed E-state index contributed by atoms with van der Waals surface area (Å²) in [5.41, 5.74) is -0.925. The monoisotopic (exact) mass is 284 g/mol. The molecule has 2 aromatic rings. The quantitative estimate of drug-likeness (QED) is 0.921. The number of pyridine rings is 1. The van der Waals surface area contributed by atoms with E-state index in [1.807, 2.05) is 0 Å². The highest BCUT2D eigenvalue weighted by Gasteiger charge is 2.39. The average molecular weight is 284 g/mol. The summed E-state index contributed by atoms with van der Waals surface area (Å²) >= 11 is 0. The number of aromatic nitrogens is 3. The third-order valence-electron chi connectivity index (χ3n) is 2.50. The Hall–Kier alpha value is -2.38. The number of carbonyl (C=O) groups is 1. The molecular formula is C12H11F3N4O. The zero-order chi connectivity index (χ0) is 14.9. The van der Waals surface area contributed by atoms with Crippen molar-refractivity contribution in [1.82, 2.24) is 14.8 Å². The molecule has 0 aromatic carbocycles. The first kappa shape index (κ1) is 14.0. The Bertz CT molecular complexity index is 648. The van der Waals surface area contributed by atoms with Crippen LogP contribution in [0.4, 0.5) is 19.0 Å². The van der Waals surface area contributed by atoms with E-state index < -0.39 is 23.3 Å². The van der Waals surface area contributed by atoms with Crippen LogP contribution in [0, 0.1) is 6.92 Å². The van der Waals surface area contributed by atoms with Crippen LogP contribution in [0.3, 0.4) is 0 Å². The van der Waals surface area contributed by atoms with Gasteiger partial charge in [0.2, 0.25) is 0 Å². The van der Waals surface area contributed by atoms with Crippen LogP contribution >= 0.6 is 0 Å². The lowest BCUT2D eigenvalue weighted by Gasteiger charge is -2.07. The molecule has 20 heavy (non-hydrogen) atoms. The van der Waals surface area contributed by atoms with Gasteiger partial charge in [-0.3, -0.25) is 9.48 Å². The van der Waals surface area contributed by atoms with E-state index in [-0.39, 0.29) is 5.82 Å². The predicted octanol–water partition coefficient (Wildman–Crippen LogP) is 2.39. The summed E-state index contributed by atoms with van der Waals surface area (Å²) in [5.74, 6) is -0.712. The molecule has 2 aromatic heterocycles. The number of carbonyl (C=O) groups excluding carboxylic acids is 1. The molecule has 1 N–H and O–H groups in total. The van der Waals surface area contributed by atoms with Crippen LogP contribution in [-0.4, -0.2) is 20.7 Å². The highest BCUT2D eigenvalue weighted by atomic mass is 19.4. The Morgan fingerprint density at radius 1 is 1.40 bits per heavy atom. The Labute approximate surface area is 112 Å². The molecule has 1 amide bonds. The van der Waals surface area contributed by atoms with E-state index in [1.165, 1.54) is 13.2 Å². The summed E-state index contributed by atoms with van der Waals surface area (Å²) in [6.45, 7) is 1.78. The third-order valence-corrected chi connectivity index (χ3v) is 2.50. The minimum Gasteiger partial charge on any atom is -0.306 e. The van der Waals surface area contributed by atoms with Gasteiger partial charge in [-0.25, -0.2) is 4.98 Å². The van der Waals surface area contributed by atoms with Crippen molar-refractivity contribution in [2.45, 2.75) is 13.1 Å². The maximum absolute atomic E-state index is 12.8. The Morgan fingerprint density at radius 2 is 2.10 bits per heavy atom. The van der Waals surface area contributed by atoms with Crippen LogP contribution < -0.4 is 5.32 Å². The van der Waals surface area contributed by atoms with Gasteiger partial charge in [-0.15, -0.1) is 0 Å². The zero-order valence-corrected chi connectivity index (χ0v) is 10.7. The molecule has 2 rings (SSSR count). The summed E-state index contributed by atoms with van der Waals surface area (Å²) in [6, 6.07) is 3.27. The summed E-state index contributed by atoms with van der Waals surface area (Å²) in [6.07, 6.45) is -2.21. The standard InChI is InChI=1S/C12H11F3N4O/c1-7-3-4-16-9(5-7)17-11(20)8-6-19(2)18-10(8)12(13,14)15/h3-6H,1-2H3,(H,16,17,20). The normalized spacial score (nSPS) is 11.4. The number of hydrogen-bond acceptors (Lipinski definition) is 3. The van der Waals surface area contributed by atoms with Gasteiger partial charge in [0.15, 0.2) is 5.69 Å². The summed E-state index contributed by atoms with van der Waals surface area (Å²) in [4.78, 5) is 15.8. The topological polar surface area (TPSA) is 59.8 Å². The van der Waals surface area contributed by atoms with Crippen molar-refractivity contribution in [1.29, 1.82) is 0 Å². The molecule has 5 nitrogen and oxygen atoms in total. The fraction of sp³-hybridized carbons (Fsp3) is 0.250. The van der Waals surface area contributed by atoms with Gasteiger partial charge in [-0.05, 0) is 24.6 Å². The van der Waals surface area contributed by atoms with Crippen LogP contribution in [0.1, 0.15) is 21.6 Å². The predicted molar refractivity (Wildman–Crippen MR) is 65.1 cm³/mol. The van der Waals surface area contributed by atoms with E-state index in [4.69, 9.17) is 0 Å². The molecule has 0 radical (unpaired) electrons. The van der Waals surface area contributed by atoms with E-state index in [1.54, 1.807) is 19.1 Å². The van der Waals surface area contributed by atoms with E-state index >= 15 is 0 Å². The first-order chi connectivity index (χ1) is 9.27. The number of rotatable bonds is 2. The van der Waals surface area contributed by atoms with Crippen LogP contribution in [0.5, 0.6) is 0 Å². The Morgan fingerprint density at radius 3 is 2.70 bits per heavy atom. The summed E-state index contributed by atoms with van der Waals surface area (Å²) in [5, 5.41) is 5.59. The lowest BCUT2D eigenvalue weighted by Crippen LogP contribution is -2.18. The van der Waals surface area contributed by atoms with Crippen LogP contribution in [0.25, 0.3) is 0 Å². The molecule has 0 bridgehead atoms. The molecule has 0 aliphatic carbocycles.